The molecule has 4 aromatic rings. The fraction of sp³-hybridized carbons (Fsp3) is 0.370. The van der Waals surface area contributed by atoms with E-state index in [0.717, 1.165) is 23.1 Å². The van der Waals surface area contributed by atoms with Crippen LogP contribution in [-0.4, -0.2) is 32.4 Å². The van der Waals surface area contributed by atoms with E-state index < -0.39 is 11.6 Å². The number of carboxylic acid groups (broad SMARTS) is 1. The molecule has 37 heavy (non-hydrogen) atoms. The number of carbonyl (C=O) groups is 1. The van der Waals surface area contributed by atoms with Gasteiger partial charge in [0.1, 0.15) is 22.1 Å². The van der Waals surface area contributed by atoms with Gasteiger partial charge in [0, 0.05) is 11.1 Å². The molecular weight excluding hydrogens is 535 g/mol. The zero-order chi connectivity index (χ0) is 25.9. The number of aromatic nitrogens is 2. The molecule has 2 aliphatic rings. The second-order valence-electron chi connectivity index (χ2n) is 9.87. The van der Waals surface area contributed by atoms with Crippen LogP contribution in [0.5, 0.6) is 0 Å². The van der Waals surface area contributed by atoms with Crippen molar-refractivity contribution >= 4 is 50.7 Å². The smallest absolute Gasteiger partial charge is 0.335 e. The Bertz CT molecular complexity index is 1480. The highest BCUT2D eigenvalue weighted by atomic mass is 35.5. The van der Waals surface area contributed by atoms with E-state index in [9.17, 15) is 15.0 Å². The molecule has 2 aliphatic carbocycles. The van der Waals surface area contributed by atoms with E-state index in [1.54, 1.807) is 36.4 Å². The number of halogens is 2. The van der Waals surface area contributed by atoms with Gasteiger partial charge in [0.05, 0.1) is 38.5 Å². The molecule has 0 spiro atoms. The number of aromatic carboxylic acids is 1. The maximum absolute atomic E-state index is 11.9. The summed E-state index contributed by atoms with van der Waals surface area (Å²) < 4.78 is 12.6. The second-order valence-corrected chi connectivity index (χ2v) is 11.7. The van der Waals surface area contributed by atoms with Crippen molar-refractivity contribution < 1.29 is 24.3 Å². The summed E-state index contributed by atoms with van der Waals surface area (Å²) in [5, 5.41) is 27.1. The molecule has 7 nitrogen and oxygen atoms in total. The maximum atomic E-state index is 11.9. The van der Waals surface area contributed by atoms with Crippen molar-refractivity contribution in [3.8, 4) is 11.3 Å². The molecule has 2 aromatic heterocycles. The van der Waals surface area contributed by atoms with Crippen molar-refractivity contribution in [3.63, 3.8) is 0 Å². The lowest BCUT2D eigenvalue weighted by atomic mass is 9.73. The van der Waals surface area contributed by atoms with Crippen LogP contribution in [0, 0.1) is 18.8 Å². The summed E-state index contributed by atoms with van der Waals surface area (Å²) in [4.78, 5) is 16.1. The fourth-order valence-electron chi connectivity index (χ4n) is 5.90. The number of rotatable bonds is 6. The average Bonchev–Trinajstić information content (AvgIpc) is 3.49. The number of thiazole rings is 1. The third kappa shape index (κ3) is 4.15. The Morgan fingerprint density at radius 2 is 1.89 bits per heavy atom. The largest absolute Gasteiger partial charge is 0.478 e. The van der Waals surface area contributed by atoms with Crippen LogP contribution in [0.25, 0.3) is 21.5 Å². The van der Waals surface area contributed by atoms with Gasteiger partial charge >= 0.3 is 5.97 Å². The van der Waals surface area contributed by atoms with E-state index in [1.165, 1.54) is 11.3 Å². The van der Waals surface area contributed by atoms with Crippen molar-refractivity contribution in [1.82, 2.24) is 10.1 Å². The summed E-state index contributed by atoms with van der Waals surface area (Å²) in [5.74, 6) is -0.304. The lowest BCUT2D eigenvalue weighted by molar-refractivity contribution is -0.116. The zero-order valence-corrected chi connectivity index (χ0v) is 22.2. The zero-order valence-electron chi connectivity index (χ0n) is 19.9. The summed E-state index contributed by atoms with van der Waals surface area (Å²) >= 11 is 14.2. The van der Waals surface area contributed by atoms with Crippen LogP contribution >= 0.6 is 34.5 Å². The predicted octanol–water partition coefficient (Wildman–Crippen LogP) is 6.86. The number of fused-ring (bicyclic) bond motifs is 3. The monoisotopic (exact) mass is 558 g/mol. The lowest BCUT2D eigenvalue weighted by Crippen LogP contribution is -2.44. The third-order valence-corrected chi connectivity index (χ3v) is 9.62. The summed E-state index contributed by atoms with van der Waals surface area (Å²) in [6.07, 6.45) is 3.16. The molecule has 2 heterocycles. The van der Waals surface area contributed by atoms with Crippen molar-refractivity contribution in [2.24, 2.45) is 11.8 Å². The number of ether oxygens (including phenoxy) is 1. The Balaban J connectivity index is 1.21. The number of nitrogens with zero attached hydrogens (tertiary/aromatic N) is 2. The number of aryl methyl sites for hydroxylation is 1. The molecule has 192 valence electrons. The summed E-state index contributed by atoms with van der Waals surface area (Å²) in [6.45, 7) is 2.14. The molecule has 2 fully saturated rings. The van der Waals surface area contributed by atoms with Gasteiger partial charge in [-0.25, -0.2) is 9.78 Å². The first-order valence-electron chi connectivity index (χ1n) is 12.1. The Morgan fingerprint density at radius 3 is 2.57 bits per heavy atom. The van der Waals surface area contributed by atoms with Gasteiger partial charge in [0.15, 0.2) is 0 Å². The summed E-state index contributed by atoms with van der Waals surface area (Å²) in [7, 11) is 0. The van der Waals surface area contributed by atoms with Crippen LogP contribution in [0.1, 0.15) is 52.4 Å². The first-order valence-corrected chi connectivity index (χ1v) is 13.7. The van der Waals surface area contributed by atoms with E-state index in [4.69, 9.17) is 37.4 Å². The Kier molecular flexibility index (Phi) is 6.28. The Hall–Kier alpha value is -2.49. The van der Waals surface area contributed by atoms with Crippen molar-refractivity contribution in [2.75, 3.05) is 0 Å². The number of benzene rings is 2. The predicted molar refractivity (Wildman–Crippen MR) is 141 cm³/mol. The first kappa shape index (κ1) is 24.8. The van der Waals surface area contributed by atoms with Crippen LogP contribution in [0.4, 0.5) is 0 Å². The molecule has 0 saturated heterocycles. The molecular formula is C27H24Cl2N2O5S. The number of hydrogen-bond donors (Lipinski definition) is 2. The van der Waals surface area contributed by atoms with E-state index in [1.807, 2.05) is 6.92 Å². The lowest BCUT2D eigenvalue weighted by Gasteiger charge is -2.41. The molecule has 6 rings (SSSR count). The van der Waals surface area contributed by atoms with Crippen LogP contribution in [-0.2, 0) is 16.9 Å². The molecule has 0 amide bonds. The molecule has 2 aromatic carbocycles. The topological polar surface area (TPSA) is 106 Å². The molecule has 2 saturated carbocycles. The van der Waals surface area contributed by atoms with Crippen LogP contribution in [0.2, 0.25) is 10.0 Å². The highest BCUT2D eigenvalue weighted by Crippen LogP contribution is 2.56. The molecule has 0 radical (unpaired) electrons. The summed E-state index contributed by atoms with van der Waals surface area (Å²) in [5.41, 5.74) is 1.92. The maximum Gasteiger partial charge on any atom is 0.335 e. The second kappa shape index (κ2) is 9.36. The van der Waals surface area contributed by atoms with Crippen molar-refractivity contribution in [3.05, 3.63) is 68.3 Å². The minimum absolute atomic E-state index is 0.0109. The number of aliphatic hydroxyl groups is 1. The SMILES string of the molecule is Cc1onc(-c2c(Cl)cccc2Cl)c1CO[C@H]1C[C@H]2CC[C@@H](C1)[C@]2(O)c1nc2ccc(C(=O)O)cc2s1. The minimum atomic E-state index is -1.03. The van der Waals surface area contributed by atoms with Gasteiger partial charge < -0.3 is 19.5 Å². The van der Waals surface area contributed by atoms with Gasteiger partial charge in [-0.1, -0.05) is 34.4 Å². The van der Waals surface area contributed by atoms with Gasteiger partial charge in [0.2, 0.25) is 0 Å². The van der Waals surface area contributed by atoms with Gasteiger partial charge in [-0.3, -0.25) is 0 Å². The van der Waals surface area contributed by atoms with Crippen molar-refractivity contribution in [2.45, 2.75) is 50.9 Å². The molecule has 0 unspecified atom stereocenters. The summed E-state index contributed by atoms with van der Waals surface area (Å²) in [6, 6.07) is 10.2. The van der Waals surface area contributed by atoms with E-state index in [2.05, 4.69) is 5.16 Å². The number of carboxylic acids is 1. The van der Waals surface area contributed by atoms with Crippen molar-refractivity contribution in [1.29, 1.82) is 0 Å². The van der Waals surface area contributed by atoms with Gasteiger partial charge in [-0.15, -0.1) is 11.3 Å². The fourth-order valence-corrected chi connectivity index (χ4v) is 7.73. The van der Waals surface area contributed by atoms with Gasteiger partial charge in [-0.2, -0.15) is 0 Å². The normalized spacial score (nSPS) is 25.1. The number of hydrogen-bond acceptors (Lipinski definition) is 7. The van der Waals surface area contributed by atoms with Crippen LogP contribution in [0.15, 0.2) is 40.9 Å². The molecule has 10 heteroatoms. The minimum Gasteiger partial charge on any atom is -0.478 e. The Morgan fingerprint density at radius 1 is 1.19 bits per heavy atom. The average molecular weight is 559 g/mol. The van der Waals surface area contributed by atoms with E-state index in [-0.39, 0.29) is 23.5 Å². The molecule has 2 N–H and O–H groups in total. The van der Waals surface area contributed by atoms with Crippen LogP contribution in [0.3, 0.4) is 0 Å². The van der Waals surface area contributed by atoms with Gasteiger partial charge in [-0.05, 0) is 74.8 Å². The van der Waals surface area contributed by atoms with Gasteiger partial charge in [0.25, 0.3) is 0 Å². The quantitative estimate of drug-likeness (QED) is 0.266. The third-order valence-electron chi connectivity index (χ3n) is 7.83. The highest BCUT2D eigenvalue weighted by molar-refractivity contribution is 7.18. The molecule has 0 aliphatic heterocycles. The van der Waals surface area contributed by atoms with Crippen LogP contribution < -0.4 is 0 Å². The Labute approximate surface area is 227 Å². The first-order chi connectivity index (χ1) is 17.8. The highest BCUT2D eigenvalue weighted by Gasteiger charge is 2.56. The van der Waals surface area contributed by atoms with E-state index >= 15 is 0 Å². The van der Waals surface area contributed by atoms with E-state index in [0.29, 0.717) is 57.0 Å². The molecule has 2 bridgehead atoms. The molecule has 4 atom stereocenters. The standard InChI is InChI=1S/C27H24Cl2N2O5S/c1-13-18(24(31-36-13)23-19(28)3-2-4-20(23)29)12-35-17-10-15-6-7-16(11-17)27(15,34)26-30-21-8-5-14(25(32)33)9-22(21)37-26/h2-5,8-9,15-17,34H,6-7,10-12H2,1H3,(H,32,33)/t15-,16+,17+,27+.